The van der Waals surface area contributed by atoms with E-state index in [0.29, 0.717) is 17.4 Å². The Kier molecular flexibility index (Phi) is 6.09. The molecular formula is C20H29FN4O2S. The third kappa shape index (κ3) is 4.91. The van der Waals surface area contributed by atoms with E-state index in [1.54, 1.807) is 45.2 Å². The fraction of sp³-hybridized carbons (Fsp3) is 0.550. The van der Waals surface area contributed by atoms with Crippen LogP contribution in [0.25, 0.3) is 5.69 Å². The number of sulfonamides is 1. The van der Waals surface area contributed by atoms with Gasteiger partial charge in [0.1, 0.15) is 17.3 Å². The van der Waals surface area contributed by atoms with Crippen LogP contribution in [0, 0.1) is 11.7 Å². The van der Waals surface area contributed by atoms with Crippen LogP contribution in [0.4, 0.5) is 10.2 Å². The van der Waals surface area contributed by atoms with Crippen molar-refractivity contribution in [2.45, 2.75) is 57.2 Å². The first-order valence-corrected chi connectivity index (χ1v) is 11.2. The monoisotopic (exact) mass is 408 g/mol. The van der Waals surface area contributed by atoms with Crippen LogP contribution in [0.5, 0.6) is 0 Å². The topological polar surface area (TPSA) is 76.0 Å². The first-order chi connectivity index (χ1) is 13.2. The largest absolute Gasteiger partial charge is 0.368 e. The van der Waals surface area contributed by atoms with Crippen LogP contribution in [-0.4, -0.2) is 35.5 Å². The molecule has 1 aliphatic carbocycles. The highest BCUT2D eigenvalue weighted by Gasteiger charge is 2.32. The van der Waals surface area contributed by atoms with Gasteiger partial charge in [0, 0.05) is 24.8 Å². The molecule has 0 unspecified atom stereocenters. The summed E-state index contributed by atoms with van der Waals surface area (Å²) in [7, 11) is -3.31. The second kappa shape index (κ2) is 8.21. The molecule has 1 heterocycles. The van der Waals surface area contributed by atoms with Crippen LogP contribution in [0.3, 0.4) is 0 Å². The summed E-state index contributed by atoms with van der Waals surface area (Å²) < 4.78 is 42.0. The number of nitrogens with one attached hydrogen (secondary N) is 2. The maximum atomic E-state index is 13.9. The number of anilines is 1. The van der Waals surface area contributed by atoms with Crippen molar-refractivity contribution in [1.29, 1.82) is 0 Å². The van der Waals surface area contributed by atoms with Crippen molar-refractivity contribution < 1.29 is 12.8 Å². The van der Waals surface area contributed by atoms with Gasteiger partial charge in [-0.25, -0.2) is 22.2 Å². The highest BCUT2D eigenvalue weighted by atomic mass is 32.2. The van der Waals surface area contributed by atoms with Gasteiger partial charge in [-0.15, -0.1) is 0 Å². The van der Waals surface area contributed by atoms with Gasteiger partial charge in [-0.05, 0) is 64.5 Å². The van der Waals surface area contributed by atoms with Gasteiger partial charge in [-0.1, -0.05) is 12.1 Å². The molecule has 1 aliphatic rings. The Morgan fingerprint density at radius 3 is 2.46 bits per heavy atom. The number of para-hydroxylation sites is 1. The van der Waals surface area contributed by atoms with Crippen molar-refractivity contribution in [2.24, 2.45) is 5.92 Å². The van der Waals surface area contributed by atoms with Gasteiger partial charge in [0.25, 0.3) is 0 Å². The van der Waals surface area contributed by atoms with Crippen LogP contribution in [0.2, 0.25) is 0 Å². The summed E-state index contributed by atoms with van der Waals surface area (Å²) in [4.78, 5) is 0. The Labute approximate surface area is 166 Å². The molecule has 1 aromatic carbocycles. The van der Waals surface area contributed by atoms with Crippen molar-refractivity contribution in [1.82, 2.24) is 14.5 Å². The molecule has 1 fully saturated rings. The minimum atomic E-state index is -3.31. The molecule has 154 valence electrons. The number of aromatic nitrogens is 2. The molecule has 2 N–H and O–H groups in total. The van der Waals surface area contributed by atoms with Gasteiger partial charge in [0.15, 0.2) is 0 Å². The zero-order valence-electron chi connectivity index (χ0n) is 16.7. The number of nitrogens with zero attached hydrogens (tertiary/aromatic N) is 2. The third-order valence-corrected chi connectivity index (χ3v) is 7.49. The lowest BCUT2D eigenvalue weighted by Crippen LogP contribution is -2.46. The van der Waals surface area contributed by atoms with Crippen LogP contribution in [-0.2, 0) is 10.0 Å². The molecule has 0 spiro atoms. The van der Waals surface area contributed by atoms with Crippen LogP contribution in [0.1, 0.15) is 46.5 Å². The molecule has 6 nitrogen and oxygen atoms in total. The Morgan fingerprint density at radius 2 is 1.82 bits per heavy atom. The predicted octanol–water partition coefficient (Wildman–Crippen LogP) is 3.70. The summed E-state index contributed by atoms with van der Waals surface area (Å²) in [5.74, 6) is 0.862. The van der Waals surface area contributed by atoms with Crippen LogP contribution in [0.15, 0.2) is 36.5 Å². The lowest BCUT2D eigenvalue weighted by Gasteiger charge is -2.31. The second-order valence-electron chi connectivity index (χ2n) is 8.43. The Hall–Kier alpha value is -1.93. The van der Waals surface area contributed by atoms with Gasteiger partial charge in [0.05, 0.1) is 4.75 Å². The van der Waals surface area contributed by atoms with Crippen molar-refractivity contribution in [3.05, 3.63) is 42.3 Å². The fourth-order valence-corrected chi connectivity index (χ4v) is 4.35. The summed E-state index contributed by atoms with van der Waals surface area (Å²) in [5.41, 5.74) is 0.419. The molecule has 0 aliphatic heterocycles. The molecule has 0 amide bonds. The molecule has 0 saturated heterocycles. The van der Waals surface area contributed by atoms with E-state index < -0.39 is 14.8 Å². The average Bonchev–Trinajstić information content (AvgIpc) is 3.09. The standard InChI is InChI=1S/C20H29FN4O2S/c1-20(2,3)28(26,27)24-16-10-8-15(9-11-16)14-22-19-12-13-25(23-19)18-7-5-4-6-17(18)21/h4-7,12-13,15-16,24H,8-11,14H2,1-3H3,(H,22,23). The molecule has 0 radical (unpaired) electrons. The van der Waals surface area contributed by atoms with E-state index in [9.17, 15) is 12.8 Å². The predicted molar refractivity (Wildman–Crippen MR) is 110 cm³/mol. The SMILES string of the molecule is CC(C)(C)S(=O)(=O)NC1CCC(CNc2ccn(-c3ccccc3F)n2)CC1. The van der Waals surface area contributed by atoms with Crippen LogP contribution < -0.4 is 10.0 Å². The van der Waals surface area contributed by atoms with E-state index in [-0.39, 0.29) is 11.9 Å². The lowest BCUT2D eigenvalue weighted by atomic mass is 9.86. The quantitative estimate of drug-likeness (QED) is 0.764. The van der Waals surface area contributed by atoms with Crippen molar-refractivity contribution in [2.75, 3.05) is 11.9 Å². The summed E-state index contributed by atoms with van der Waals surface area (Å²) in [6.07, 6.45) is 5.33. The zero-order chi connectivity index (χ0) is 20.4. The van der Waals surface area contributed by atoms with E-state index in [2.05, 4.69) is 15.1 Å². The Morgan fingerprint density at radius 1 is 1.14 bits per heavy atom. The molecular weight excluding hydrogens is 379 g/mol. The number of hydrogen-bond acceptors (Lipinski definition) is 4. The minimum Gasteiger partial charge on any atom is -0.368 e. The fourth-order valence-electron chi connectivity index (χ4n) is 3.32. The Balaban J connectivity index is 1.48. The van der Waals surface area contributed by atoms with Crippen molar-refractivity contribution in [3.8, 4) is 5.69 Å². The zero-order valence-corrected chi connectivity index (χ0v) is 17.5. The highest BCUT2D eigenvalue weighted by Crippen LogP contribution is 2.26. The van der Waals surface area contributed by atoms with Gasteiger partial charge in [-0.3, -0.25) is 0 Å². The maximum Gasteiger partial charge on any atom is 0.216 e. The van der Waals surface area contributed by atoms with Crippen molar-refractivity contribution >= 4 is 15.8 Å². The summed E-state index contributed by atoms with van der Waals surface area (Å²) in [5, 5.41) is 7.71. The number of benzene rings is 1. The number of halogens is 1. The van der Waals surface area contributed by atoms with E-state index in [1.165, 1.54) is 10.7 Å². The van der Waals surface area contributed by atoms with Crippen molar-refractivity contribution in [3.63, 3.8) is 0 Å². The van der Waals surface area contributed by atoms with E-state index in [0.717, 1.165) is 32.2 Å². The summed E-state index contributed by atoms with van der Waals surface area (Å²) >= 11 is 0. The smallest absolute Gasteiger partial charge is 0.216 e. The molecule has 3 rings (SSSR count). The van der Waals surface area contributed by atoms with E-state index in [4.69, 9.17) is 0 Å². The molecule has 8 heteroatoms. The molecule has 1 saturated carbocycles. The average molecular weight is 409 g/mol. The highest BCUT2D eigenvalue weighted by molar-refractivity contribution is 7.90. The minimum absolute atomic E-state index is 0.0146. The van der Waals surface area contributed by atoms with Gasteiger partial charge in [0.2, 0.25) is 10.0 Å². The van der Waals surface area contributed by atoms with Gasteiger partial charge < -0.3 is 5.32 Å². The first-order valence-electron chi connectivity index (χ1n) is 9.72. The molecule has 1 aromatic heterocycles. The molecule has 0 atom stereocenters. The lowest BCUT2D eigenvalue weighted by molar-refractivity contribution is 0.322. The normalized spacial score (nSPS) is 20.9. The molecule has 0 bridgehead atoms. The van der Waals surface area contributed by atoms with E-state index >= 15 is 0 Å². The molecule has 28 heavy (non-hydrogen) atoms. The third-order valence-electron chi connectivity index (χ3n) is 5.23. The Bertz CT molecular complexity index is 897. The number of rotatable bonds is 6. The summed E-state index contributed by atoms with van der Waals surface area (Å²) in [6.45, 7) is 5.91. The van der Waals surface area contributed by atoms with Crippen LogP contribution >= 0.6 is 0 Å². The molecule has 2 aromatic rings. The second-order valence-corrected chi connectivity index (χ2v) is 10.9. The van der Waals surface area contributed by atoms with Gasteiger partial charge >= 0.3 is 0 Å². The first kappa shape index (κ1) is 20.8. The maximum absolute atomic E-state index is 13.9. The number of hydrogen-bond donors (Lipinski definition) is 2. The van der Waals surface area contributed by atoms with Gasteiger partial charge in [-0.2, -0.15) is 5.10 Å². The van der Waals surface area contributed by atoms with E-state index in [1.807, 2.05) is 6.07 Å². The summed E-state index contributed by atoms with van der Waals surface area (Å²) in [6, 6.07) is 8.37.